The van der Waals surface area contributed by atoms with Crippen molar-refractivity contribution in [1.82, 2.24) is 10.2 Å². The molecule has 0 aliphatic heterocycles. The lowest BCUT2D eigenvalue weighted by molar-refractivity contribution is -0.120. The summed E-state index contributed by atoms with van der Waals surface area (Å²) in [4.78, 5) is 35.8. The zero-order chi connectivity index (χ0) is 15.6. The van der Waals surface area contributed by atoms with Crippen molar-refractivity contribution in [2.24, 2.45) is 17.6 Å². The number of hydrogen-bond donors (Lipinski definition) is 4. The van der Waals surface area contributed by atoms with E-state index in [-0.39, 0.29) is 35.1 Å². The van der Waals surface area contributed by atoms with Crippen LogP contribution in [0.1, 0.15) is 13.8 Å². The van der Waals surface area contributed by atoms with Crippen molar-refractivity contribution in [3.8, 4) is 0 Å². The normalized spacial score (nSPS) is 12.6. The SMILES string of the molecule is CC(C)C(CN)C(=O)Nc1cccc2c(=O)[nH][nH]c(=O)c12. The van der Waals surface area contributed by atoms with Crippen LogP contribution in [0.15, 0.2) is 27.8 Å². The van der Waals surface area contributed by atoms with Crippen molar-refractivity contribution in [1.29, 1.82) is 0 Å². The highest BCUT2D eigenvalue weighted by molar-refractivity contribution is 6.02. The van der Waals surface area contributed by atoms with Gasteiger partial charge in [-0.05, 0) is 18.1 Å². The van der Waals surface area contributed by atoms with Crippen molar-refractivity contribution in [2.45, 2.75) is 13.8 Å². The van der Waals surface area contributed by atoms with Gasteiger partial charge in [-0.2, -0.15) is 0 Å². The standard InChI is InChI=1S/C14H18N4O3/c1-7(2)9(6-15)12(19)16-10-5-3-4-8-11(10)14(21)18-17-13(8)20/h3-5,7,9H,6,15H2,1-2H3,(H,16,19)(H,17,20)(H,18,21). The Hall–Kier alpha value is -2.41. The summed E-state index contributed by atoms with van der Waals surface area (Å²) >= 11 is 0. The van der Waals surface area contributed by atoms with Crippen LogP contribution >= 0.6 is 0 Å². The van der Waals surface area contributed by atoms with Gasteiger partial charge in [0.1, 0.15) is 0 Å². The van der Waals surface area contributed by atoms with Gasteiger partial charge < -0.3 is 11.1 Å². The maximum atomic E-state index is 12.2. The van der Waals surface area contributed by atoms with Gasteiger partial charge in [-0.3, -0.25) is 24.6 Å². The summed E-state index contributed by atoms with van der Waals surface area (Å²) in [5.74, 6) is -0.548. The molecule has 0 fully saturated rings. The highest BCUT2D eigenvalue weighted by atomic mass is 16.2. The monoisotopic (exact) mass is 290 g/mol. The first-order valence-electron chi connectivity index (χ1n) is 6.70. The van der Waals surface area contributed by atoms with E-state index in [4.69, 9.17) is 5.73 Å². The number of anilines is 1. The molecular weight excluding hydrogens is 272 g/mol. The molecule has 0 aliphatic carbocycles. The van der Waals surface area contributed by atoms with Crippen LogP contribution in [0.4, 0.5) is 5.69 Å². The van der Waals surface area contributed by atoms with E-state index >= 15 is 0 Å². The van der Waals surface area contributed by atoms with Gasteiger partial charge in [-0.15, -0.1) is 0 Å². The van der Waals surface area contributed by atoms with Crippen molar-refractivity contribution in [3.05, 3.63) is 38.9 Å². The fraction of sp³-hybridized carbons (Fsp3) is 0.357. The maximum absolute atomic E-state index is 12.2. The number of carbonyl (C=O) groups is 1. The molecule has 112 valence electrons. The lowest BCUT2D eigenvalue weighted by Crippen LogP contribution is -2.33. The minimum Gasteiger partial charge on any atom is -0.330 e. The molecule has 21 heavy (non-hydrogen) atoms. The highest BCUT2D eigenvalue weighted by Gasteiger charge is 2.21. The van der Waals surface area contributed by atoms with Crippen molar-refractivity contribution < 1.29 is 4.79 Å². The molecule has 7 heteroatoms. The molecule has 1 aromatic carbocycles. The molecule has 1 heterocycles. The van der Waals surface area contributed by atoms with Gasteiger partial charge in [0, 0.05) is 6.54 Å². The average molecular weight is 290 g/mol. The van der Waals surface area contributed by atoms with E-state index in [1.165, 1.54) is 6.07 Å². The van der Waals surface area contributed by atoms with E-state index in [9.17, 15) is 14.4 Å². The molecule has 1 unspecified atom stereocenters. The Morgan fingerprint density at radius 2 is 1.90 bits per heavy atom. The molecule has 0 saturated heterocycles. The molecule has 2 aromatic rings. The molecule has 7 nitrogen and oxygen atoms in total. The van der Waals surface area contributed by atoms with Crippen LogP contribution in [0.25, 0.3) is 10.8 Å². The third-order valence-electron chi connectivity index (χ3n) is 3.48. The predicted octanol–water partition coefficient (Wildman–Crippen LogP) is 0.386. The summed E-state index contributed by atoms with van der Waals surface area (Å²) in [5, 5.41) is 7.58. The van der Waals surface area contributed by atoms with Crippen molar-refractivity contribution in [2.75, 3.05) is 11.9 Å². The summed E-state index contributed by atoms with van der Waals surface area (Å²) in [7, 11) is 0. The van der Waals surface area contributed by atoms with E-state index < -0.39 is 11.1 Å². The topological polar surface area (TPSA) is 121 Å². The fourth-order valence-electron chi connectivity index (χ4n) is 2.24. The Balaban J connectivity index is 2.49. The molecule has 0 bridgehead atoms. The second-order valence-corrected chi connectivity index (χ2v) is 5.21. The number of aromatic amines is 2. The Kier molecular flexibility index (Phi) is 4.23. The van der Waals surface area contributed by atoms with E-state index in [1.54, 1.807) is 12.1 Å². The fourth-order valence-corrected chi connectivity index (χ4v) is 2.24. The number of amides is 1. The summed E-state index contributed by atoms with van der Waals surface area (Å²) < 4.78 is 0. The Morgan fingerprint density at radius 1 is 1.24 bits per heavy atom. The third kappa shape index (κ3) is 2.87. The molecule has 2 rings (SSSR count). The van der Waals surface area contributed by atoms with Crippen molar-refractivity contribution >= 4 is 22.4 Å². The van der Waals surface area contributed by atoms with Crippen LogP contribution in [0.5, 0.6) is 0 Å². The lowest BCUT2D eigenvalue weighted by Gasteiger charge is -2.18. The predicted molar refractivity (Wildman–Crippen MR) is 81.2 cm³/mol. The number of rotatable bonds is 4. The van der Waals surface area contributed by atoms with Crippen LogP contribution in [0.3, 0.4) is 0 Å². The number of carbonyl (C=O) groups excluding carboxylic acids is 1. The first-order valence-corrected chi connectivity index (χ1v) is 6.70. The number of H-pyrrole nitrogens is 2. The van der Waals surface area contributed by atoms with Crippen LogP contribution in [-0.2, 0) is 4.79 Å². The van der Waals surface area contributed by atoms with Crippen LogP contribution in [0.2, 0.25) is 0 Å². The minimum absolute atomic E-state index is 0.0756. The van der Waals surface area contributed by atoms with E-state index in [1.807, 2.05) is 13.8 Å². The van der Waals surface area contributed by atoms with Gasteiger partial charge >= 0.3 is 0 Å². The zero-order valence-corrected chi connectivity index (χ0v) is 11.9. The summed E-state index contributed by atoms with van der Waals surface area (Å²) in [6.45, 7) is 4.01. The van der Waals surface area contributed by atoms with E-state index in [2.05, 4.69) is 15.5 Å². The van der Waals surface area contributed by atoms with Gasteiger partial charge in [0.05, 0.1) is 22.4 Å². The quantitative estimate of drug-likeness (QED) is 0.650. The van der Waals surface area contributed by atoms with Gasteiger partial charge in [0.15, 0.2) is 0 Å². The number of nitrogens with two attached hydrogens (primary N) is 1. The first-order chi connectivity index (χ1) is 9.95. The van der Waals surface area contributed by atoms with E-state index in [0.29, 0.717) is 5.69 Å². The van der Waals surface area contributed by atoms with Crippen LogP contribution in [-0.4, -0.2) is 22.6 Å². The number of hydrogen-bond acceptors (Lipinski definition) is 4. The Morgan fingerprint density at radius 3 is 2.52 bits per heavy atom. The minimum atomic E-state index is -0.464. The molecule has 0 spiro atoms. The second kappa shape index (κ2) is 5.92. The molecule has 1 atom stereocenters. The van der Waals surface area contributed by atoms with E-state index in [0.717, 1.165) is 0 Å². The number of fused-ring (bicyclic) bond motifs is 1. The maximum Gasteiger partial charge on any atom is 0.272 e. The number of aromatic nitrogens is 2. The van der Waals surface area contributed by atoms with Crippen molar-refractivity contribution in [3.63, 3.8) is 0 Å². The molecule has 0 aliphatic rings. The Bertz CT molecular complexity index is 776. The van der Waals surface area contributed by atoms with Crippen LogP contribution in [0, 0.1) is 11.8 Å². The zero-order valence-electron chi connectivity index (χ0n) is 11.9. The molecule has 1 aromatic heterocycles. The highest BCUT2D eigenvalue weighted by Crippen LogP contribution is 2.19. The first kappa shape index (κ1) is 15.0. The molecule has 0 saturated carbocycles. The summed E-state index contributed by atoms with van der Waals surface area (Å²) in [5.41, 5.74) is 5.04. The lowest BCUT2D eigenvalue weighted by atomic mass is 9.95. The molecule has 0 radical (unpaired) electrons. The van der Waals surface area contributed by atoms with Crippen LogP contribution < -0.4 is 22.2 Å². The number of benzene rings is 1. The number of nitrogens with one attached hydrogen (secondary N) is 3. The smallest absolute Gasteiger partial charge is 0.272 e. The summed E-state index contributed by atoms with van der Waals surface area (Å²) in [6, 6.07) is 4.73. The van der Waals surface area contributed by atoms with Gasteiger partial charge in [-0.1, -0.05) is 19.9 Å². The second-order valence-electron chi connectivity index (χ2n) is 5.21. The third-order valence-corrected chi connectivity index (χ3v) is 3.48. The average Bonchev–Trinajstić information content (AvgIpc) is 2.43. The van der Waals surface area contributed by atoms with Gasteiger partial charge in [0.25, 0.3) is 11.1 Å². The Labute approximate surface area is 120 Å². The largest absolute Gasteiger partial charge is 0.330 e. The van der Waals surface area contributed by atoms with Gasteiger partial charge in [-0.25, -0.2) is 0 Å². The summed E-state index contributed by atoms with van der Waals surface area (Å²) in [6.07, 6.45) is 0. The van der Waals surface area contributed by atoms with Gasteiger partial charge in [0.2, 0.25) is 5.91 Å². The molecule has 1 amide bonds. The molecular formula is C14H18N4O3. The molecule has 5 N–H and O–H groups in total.